The lowest BCUT2D eigenvalue weighted by Crippen LogP contribution is -2.46. The van der Waals surface area contributed by atoms with Crippen molar-refractivity contribution in [2.75, 3.05) is 6.54 Å². The van der Waals surface area contributed by atoms with E-state index in [0.717, 1.165) is 48.4 Å². The molecule has 0 heterocycles. The summed E-state index contributed by atoms with van der Waals surface area (Å²) < 4.78 is 59.4. The molecule has 0 aromatic heterocycles. The zero-order valence-electron chi connectivity index (χ0n) is 21.0. The van der Waals surface area contributed by atoms with Gasteiger partial charge in [-0.3, -0.25) is 9.59 Å². The summed E-state index contributed by atoms with van der Waals surface area (Å²) in [5, 5.41) is 3.20. The van der Waals surface area contributed by atoms with E-state index in [1.165, 1.54) is 5.56 Å². The van der Waals surface area contributed by atoms with E-state index < -0.39 is 47.2 Å². The standard InChI is InChI=1S/C29H30F4N2O3/c1-2-18-4-3-5-19(10-18)16-35-17-28(26(34)13-20-11-22(30)15-23(31)12-20)38-29(37)9-8-27(36)21-6-7-24(32)25(33)14-21/h3-7,10-12,14-15,26,28,35H,2,8-9,13,16-17,34H2,1H3. The lowest BCUT2D eigenvalue weighted by molar-refractivity contribution is -0.149. The number of nitrogens with one attached hydrogen (secondary N) is 1. The molecule has 0 saturated heterocycles. The lowest BCUT2D eigenvalue weighted by Gasteiger charge is -2.25. The number of carbonyl (C=O) groups is 2. The van der Waals surface area contributed by atoms with E-state index in [4.69, 9.17) is 10.5 Å². The van der Waals surface area contributed by atoms with Crippen molar-refractivity contribution in [2.45, 2.75) is 51.3 Å². The monoisotopic (exact) mass is 530 g/mol. The summed E-state index contributed by atoms with van der Waals surface area (Å²) in [5.41, 5.74) is 8.73. The maximum atomic E-state index is 13.7. The second-order valence-corrected chi connectivity index (χ2v) is 9.03. The van der Waals surface area contributed by atoms with Crippen molar-refractivity contribution >= 4 is 11.8 Å². The maximum absolute atomic E-state index is 13.7. The molecule has 5 nitrogen and oxygen atoms in total. The Bertz CT molecular complexity index is 1250. The normalized spacial score (nSPS) is 12.7. The van der Waals surface area contributed by atoms with Crippen molar-refractivity contribution < 1.29 is 31.9 Å². The van der Waals surface area contributed by atoms with Crippen molar-refractivity contribution in [3.8, 4) is 0 Å². The second kappa shape index (κ2) is 13.8. The van der Waals surface area contributed by atoms with Gasteiger partial charge in [-0.05, 0) is 59.9 Å². The Morgan fingerprint density at radius 2 is 1.58 bits per heavy atom. The first-order chi connectivity index (χ1) is 18.1. The van der Waals surface area contributed by atoms with Crippen molar-refractivity contribution in [2.24, 2.45) is 5.73 Å². The summed E-state index contributed by atoms with van der Waals surface area (Å²) in [6.07, 6.45) is -0.548. The van der Waals surface area contributed by atoms with Crippen LogP contribution < -0.4 is 11.1 Å². The van der Waals surface area contributed by atoms with Crippen LogP contribution in [0.15, 0.2) is 60.7 Å². The summed E-state index contributed by atoms with van der Waals surface area (Å²) >= 11 is 0. The van der Waals surface area contributed by atoms with Crippen LogP contribution in [0.3, 0.4) is 0 Å². The third kappa shape index (κ3) is 8.78. The van der Waals surface area contributed by atoms with Crippen molar-refractivity contribution in [3.05, 3.63) is 106 Å². The van der Waals surface area contributed by atoms with E-state index in [-0.39, 0.29) is 31.4 Å². The number of ether oxygens (including phenoxy) is 1. The molecule has 0 aliphatic rings. The highest BCUT2D eigenvalue weighted by Gasteiger charge is 2.24. The predicted molar refractivity (Wildman–Crippen MR) is 135 cm³/mol. The van der Waals surface area contributed by atoms with Gasteiger partial charge in [0.15, 0.2) is 17.4 Å². The quantitative estimate of drug-likeness (QED) is 0.184. The van der Waals surface area contributed by atoms with Crippen LogP contribution in [0.25, 0.3) is 0 Å². The minimum atomic E-state index is -1.16. The van der Waals surface area contributed by atoms with Crippen LogP contribution in [0.4, 0.5) is 17.6 Å². The number of esters is 1. The molecule has 0 amide bonds. The number of aryl methyl sites for hydroxylation is 1. The van der Waals surface area contributed by atoms with Crippen LogP contribution in [0.2, 0.25) is 0 Å². The summed E-state index contributed by atoms with van der Waals surface area (Å²) in [6, 6.07) is 13.0. The average Bonchev–Trinajstić information content (AvgIpc) is 2.87. The molecule has 0 bridgehead atoms. The van der Waals surface area contributed by atoms with Crippen LogP contribution in [-0.2, 0) is 28.9 Å². The Kier molecular flexibility index (Phi) is 10.6. The lowest BCUT2D eigenvalue weighted by atomic mass is 10.0. The second-order valence-electron chi connectivity index (χ2n) is 9.03. The van der Waals surface area contributed by atoms with Crippen LogP contribution in [-0.4, -0.2) is 30.4 Å². The summed E-state index contributed by atoms with van der Waals surface area (Å²) in [4.78, 5) is 24.9. The molecule has 0 aliphatic heterocycles. The molecule has 0 fully saturated rings. The largest absolute Gasteiger partial charge is 0.459 e. The molecule has 0 radical (unpaired) electrons. The number of ketones is 1. The molecule has 3 N–H and O–H groups in total. The van der Waals surface area contributed by atoms with Crippen LogP contribution in [0.5, 0.6) is 0 Å². The highest BCUT2D eigenvalue weighted by atomic mass is 19.2. The predicted octanol–water partition coefficient (Wildman–Crippen LogP) is 5.04. The first-order valence-corrected chi connectivity index (χ1v) is 12.3. The Hall–Kier alpha value is -3.56. The summed E-state index contributed by atoms with van der Waals surface area (Å²) in [5.74, 6) is -5.00. The fourth-order valence-electron chi connectivity index (χ4n) is 3.99. The first-order valence-electron chi connectivity index (χ1n) is 12.3. The number of hydrogen-bond donors (Lipinski definition) is 2. The first kappa shape index (κ1) is 29.0. The van der Waals surface area contributed by atoms with Crippen molar-refractivity contribution in [1.82, 2.24) is 5.32 Å². The number of Topliss-reactive ketones (excluding diaryl/α,β-unsaturated/α-hetero) is 1. The van der Waals surface area contributed by atoms with Gasteiger partial charge in [-0.2, -0.15) is 0 Å². The summed E-state index contributed by atoms with van der Waals surface area (Å²) in [6.45, 7) is 2.67. The van der Waals surface area contributed by atoms with Gasteiger partial charge < -0.3 is 15.8 Å². The van der Waals surface area contributed by atoms with E-state index in [0.29, 0.717) is 12.1 Å². The molecular formula is C29H30F4N2O3. The van der Waals surface area contributed by atoms with E-state index in [1.54, 1.807) is 0 Å². The molecule has 3 rings (SSSR count). The number of nitrogens with two attached hydrogens (primary N) is 1. The SMILES string of the molecule is CCc1cccc(CNCC(OC(=O)CCC(=O)c2ccc(F)c(F)c2)C(N)Cc2cc(F)cc(F)c2)c1. The van der Waals surface area contributed by atoms with Gasteiger partial charge in [0, 0.05) is 37.2 Å². The van der Waals surface area contributed by atoms with E-state index in [9.17, 15) is 27.2 Å². The molecule has 38 heavy (non-hydrogen) atoms. The summed E-state index contributed by atoms with van der Waals surface area (Å²) in [7, 11) is 0. The molecule has 2 atom stereocenters. The molecule has 0 aliphatic carbocycles. The van der Waals surface area contributed by atoms with Crippen molar-refractivity contribution in [1.29, 1.82) is 0 Å². The minimum absolute atomic E-state index is 0.0351. The van der Waals surface area contributed by atoms with Gasteiger partial charge in [0.05, 0.1) is 6.42 Å². The molecule has 3 aromatic rings. The van der Waals surface area contributed by atoms with Crippen molar-refractivity contribution in [3.63, 3.8) is 0 Å². The maximum Gasteiger partial charge on any atom is 0.306 e. The zero-order valence-corrected chi connectivity index (χ0v) is 21.0. The fraction of sp³-hybridized carbons (Fsp3) is 0.310. The van der Waals surface area contributed by atoms with Gasteiger partial charge in [0.25, 0.3) is 0 Å². The number of carbonyl (C=O) groups excluding carboxylic acids is 2. The van der Waals surface area contributed by atoms with Gasteiger partial charge >= 0.3 is 5.97 Å². The topological polar surface area (TPSA) is 81.4 Å². The third-order valence-corrected chi connectivity index (χ3v) is 6.03. The molecule has 9 heteroatoms. The fourth-order valence-corrected chi connectivity index (χ4v) is 3.99. The van der Waals surface area contributed by atoms with E-state index in [2.05, 4.69) is 5.32 Å². The van der Waals surface area contributed by atoms with Gasteiger partial charge in [-0.25, -0.2) is 17.6 Å². The van der Waals surface area contributed by atoms with E-state index >= 15 is 0 Å². The number of halogens is 4. The molecule has 202 valence electrons. The number of rotatable bonds is 13. The van der Waals surface area contributed by atoms with Gasteiger partial charge in [-0.15, -0.1) is 0 Å². The highest BCUT2D eigenvalue weighted by Crippen LogP contribution is 2.15. The van der Waals surface area contributed by atoms with Gasteiger partial charge in [0.2, 0.25) is 0 Å². The smallest absolute Gasteiger partial charge is 0.306 e. The van der Waals surface area contributed by atoms with Gasteiger partial charge in [0.1, 0.15) is 17.7 Å². The molecule has 0 spiro atoms. The molecule has 2 unspecified atom stereocenters. The van der Waals surface area contributed by atoms with Gasteiger partial charge in [-0.1, -0.05) is 31.2 Å². The van der Waals surface area contributed by atoms with Crippen LogP contribution in [0, 0.1) is 23.3 Å². The molecule has 0 saturated carbocycles. The highest BCUT2D eigenvalue weighted by molar-refractivity contribution is 5.97. The Labute approximate surface area is 219 Å². The zero-order chi connectivity index (χ0) is 27.7. The average molecular weight is 531 g/mol. The Morgan fingerprint density at radius 3 is 2.26 bits per heavy atom. The molecular weight excluding hydrogens is 500 g/mol. The third-order valence-electron chi connectivity index (χ3n) is 6.03. The van der Waals surface area contributed by atoms with E-state index in [1.807, 2.05) is 31.2 Å². The number of hydrogen-bond acceptors (Lipinski definition) is 5. The molecule has 3 aromatic carbocycles. The van der Waals surface area contributed by atoms with Crippen LogP contribution >= 0.6 is 0 Å². The van der Waals surface area contributed by atoms with Crippen LogP contribution in [0.1, 0.15) is 46.8 Å². The minimum Gasteiger partial charge on any atom is -0.459 e. The Morgan fingerprint density at radius 1 is 0.868 bits per heavy atom. The Balaban J connectivity index is 1.63. The number of benzene rings is 3.